The van der Waals surface area contributed by atoms with Gasteiger partial charge in [-0.3, -0.25) is 9.59 Å². The van der Waals surface area contributed by atoms with E-state index in [1.165, 1.54) is 18.7 Å². The quantitative estimate of drug-likeness (QED) is 0.649. The molecule has 2 aromatic carbocycles. The van der Waals surface area contributed by atoms with Crippen molar-refractivity contribution >= 4 is 46.7 Å². The van der Waals surface area contributed by atoms with Crippen LogP contribution in [0, 0.1) is 0 Å². The zero-order valence-corrected chi connectivity index (χ0v) is 14.8. The topological polar surface area (TPSA) is 72.5 Å². The van der Waals surface area contributed by atoms with E-state index < -0.39 is 12.1 Å². The number of benzene rings is 2. The summed E-state index contributed by atoms with van der Waals surface area (Å²) in [6.07, 6.45) is -0.936. The van der Waals surface area contributed by atoms with Crippen LogP contribution in [-0.4, -0.2) is 29.5 Å². The largest absolute Gasteiger partial charge is 0.451 e. The minimum absolute atomic E-state index is 0.116. The summed E-state index contributed by atoms with van der Waals surface area (Å²) in [5, 5.41) is 3.24. The Morgan fingerprint density at radius 2 is 1.84 bits per heavy atom. The molecule has 0 fully saturated rings. The Bertz CT molecular complexity index is 851. The first-order valence-electron chi connectivity index (χ1n) is 7.51. The molecule has 1 atom stereocenters. The number of ether oxygens (including phenoxy) is 1. The van der Waals surface area contributed by atoms with Crippen LogP contribution in [0.15, 0.2) is 47.4 Å². The molecule has 1 aliphatic heterocycles. The second-order valence-corrected chi connectivity index (χ2v) is 6.92. The van der Waals surface area contributed by atoms with Gasteiger partial charge in [0.15, 0.2) is 6.10 Å². The highest BCUT2D eigenvalue weighted by atomic mass is 35.5. The van der Waals surface area contributed by atoms with E-state index in [1.54, 1.807) is 42.5 Å². The summed E-state index contributed by atoms with van der Waals surface area (Å²) in [4.78, 5) is 37.0. The Balaban J connectivity index is 1.71. The van der Waals surface area contributed by atoms with E-state index in [0.717, 1.165) is 4.90 Å². The van der Waals surface area contributed by atoms with E-state index in [4.69, 9.17) is 16.3 Å². The number of carbonyl (C=O) groups is 3. The van der Waals surface area contributed by atoms with E-state index >= 15 is 0 Å². The standard InChI is InChI=1S/C18H14ClNO4S/c1-10(17(22)11-2-5-13(19)6-3-11)24-18(23)12-4-7-15-14(8-12)20-16(21)9-25-15/h2-8,10H,9H2,1H3,(H,20,21)/t10-/m0/s1. The third-order valence-electron chi connectivity index (χ3n) is 3.63. The van der Waals surface area contributed by atoms with Gasteiger partial charge in [-0.05, 0) is 49.4 Å². The van der Waals surface area contributed by atoms with Crippen LogP contribution < -0.4 is 5.32 Å². The van der Waals surface area contributed by atoms with Crippen LogP contribution >= 0.6 is 23.4 Å². The van der Waals surface area contributed by atoms with Gasteiger partial charge in [-0.2, -0.15) is 0 Å². The van der Waals surface area contributed by atoms with E-state index in [2.05, 4.69) is 5.32 Å². The molecule has 0 bridgehead atoms. The van der Waals surface area contributed by atoms with E-state index in [9.17, 15) is 14.4 Å². The molecule has 5 nitrogen and oxygen atoms in total. The molecular formula is C18H14ClNO4S. The molecule has 0 aromatic heterocycles. The maximum Gasteiger partial charge on any atom is 0.338 e. The summed E-state index contributed by atoms with van der Waals surface area (Å²) >= 11 is 7.21. The van der Waals surface area contributed by atoms with Crippen LogP contribution in [0.2, 0.25) is 5.02 Å². The van der Waals surface area contributed by atoms with Gasteiger partial charge < -0.3 is 10.1 Å². The van der Waals surface area contributed by atoms with E-state index in [1.807, 2.05) is 0 Å². The lowest BCUT2D eigenvalue weighted by molar-refractivity contribution is -0.113. The summed E-state index contributed by atoms with van der Waals surface area (Å²) in [6, 6.07) is 11.3. The second kappa shape index (κ2) is 7.29. The third-order valence-corrected chi connectivity index (χ3v) is 4.96. The van der Waals surface area contributed by atoms with Gasteiger partial charge in [0.05, 0.1) is 17.0 Å². The molecule has 2 aromatic rings. The number of hydrogen-bond donors (Lipinski definition) is 1. The molecule has 7 heteroatoms. The van der Waals surface area contributed by atoms with Crippen LogP contribution in [0.25, 0.3) is 0 Å². The zero-order valence-electron chi connectivity index (χ0n) is 13.2. The van der Waals surface area contributed by atoms with Crippen molar-refractivity contribution in [2.75, 3.05) is 11.1 Å². The molecule has 1 aliphatic rings. The van der Waals surface area contributed by atoms with Gasteiger partial charge in [-0.25, -0.2) is 4.79 Å². The summed E-state index contributed by atoms with van der Waals surface area (Å²) < 4.78 is 5.26. The number of anilines is 1. The number of nitrogens with one attached hydrogen (secondary N) is 1. The predicted octanol–water partition coefficient (Wildman–Crippen LogP) is 3.81. The lowest BCUT2D eigenvalue weighted by Crippen LogP contribution is -2.25. The Morgan fingerprint density at radius 3 is 2.56 bits per heavy atom. The highest BCUT2D eigenvalue weighted by Crippen LogP contribution is 2.32. The van der Waals surface area contributed by atoms with Gasteiger partial charge in [-0.15, -0.1) is 11.8 Å². The molecule has 0 unspecified atom stereocenters. The van der Waals surface area contributed by atoms with Gasteiger partial charge in [0, 0.05) is 15.5 Å². The van der Waals surface area contributed by atoms with Crippen LogP contribution in [0.3, 0.4) is 0 Å². The minimum Gasteiger partial charge on any atom is -0.451 e. The first-order chi connectivity index (χ1) is 11.9. The number of ketones is 1. The molecule has 25 heavy (non-hydrogen) atoms. The molecule has 0 aliphatic carbocycles. The number of Topliss-reactive ketones (excluding diaryl/α,β-unsaturated/α-hetero) is 1. The van der Waals surface area contributed by atoms with E-state index in [0.29, 0.717) is 22.0 Å². The fraction of sp³-hybridized carbons (Fsp3) is 0.167. The number of halogens is 1. The van der Waals surface area contributed by atoms with Crippen LogP contribution in [0.4, 0.5) is 5.69 Å². The first kappa shape index (κ1) is 17.5. The molecule has 1 amide bonds. The Kier molecular flexibility index (Phi) is 5.11. The van der Waals surface area contributed by atoms with Crippen molar-refractivity contribution in [3.05, 3.63) is 58.6 Å². The van der Waals surface area contributed by atoms with Crippen LogP contribution in [0.5, 0.6) is 0 Å². The Morgan fingerprint density at radius 1 is 1.16 bits per heavy atom. The predicted molar refractivity (Wildman–Crippen MR) is 96.5 cm³/mol. The summed E-state index contributed by atoms with van der Waals surface area (Å²) in [6.45, 7) is 1.52. The average molecular weight is 376 g/mol. The third kappa shape index (κ3) is 4.03. The van der Waals surface area contributed by atoms with Crippen molar-refractivity contribution in [3.63, 3.8) is 0 Å². The molecule has 0 saturated heterocycles. The molecular weight excluding hydrogens is 362 g/mol. The summed E-state index contributed by atoms with van der Waals surface area (Å²) in [5.41, 5.74) is 1.27. The molecule has 128 valence electrons. The maximum absolute atomic E-state index is 12.3. The highest BCUT2D eigenvalue weighted by Gasteiger charge is 2.22. The summed E-state index contributed by atoms with van der Waals surface area (Å²) in [7, 11) is 0. The molecule has 1 heterocycles. The number of hydrogen-bond acceptors (Lipinski definition) is 5. The number of rotatable bonds is 4. The normalized spacial score (nSPS) is 14.2. The Hall–Kier alpha value is -2.31. The van der Waals surface area contributed by atoms with Gasteiger partial charge in [-0.1, -0.05) is 11.6 Å². The number of fused-ring (bicyclic) bond motifs is 1. The molecule has 0 saturated carbocycles. The molecule has 1 N–H and O–H groups in total. The van der Waals surface area contributed by atoms with Gasteiger partial charge in [0.1, 0.15) is 0 Å². The van der Waals surface area contributed by atoms with Crippen molar-refractivity contribution < 1.29 is 19.1 Å². The number of amides is 1. The Labute approximate surface area is 153 Å². The zero-order chi connectivity index (χ0) is 18.0. The number of thioether (sulfide) groups is 1. The van der Waals surface area contributed by atoms with Crippen molar-refractivity contribution in [3.8, 4) is 0 Å². The smallest absolute Gasteiger partial charge is 0.338 e. The molecule has 0 spiro atoms. The van der Waals surface area contributed by atoms with Crippen molar-refractivity contribution in [1.29, 1.82) is 0 Å². The number of esters is 1. The first-order valence-corrected chi connectivity index (χ1v) is 8.88. The monoisotopic (exact) mass is 375 g/mol. The summed E-state index contributed by atoms with van der Waals surface area (Å²) in [5.74, 6) is -0.702. The van der Waals surface area contributed by atoms with E-state index in [-0.39, 0.29) is 17.3 Å². The van der Waals surface area contributed by atoms with Crippen molar-refractivity contribution in [1.82, 2.24) is 0 Å². The SMILES string of the molecule is C[C@H](OC(=O)c1ccc2c(c1)NC(=O)CS2)C(=O)c1ccc(Cl)cc1. The highest BCUT2D eigenvalue weighted by molar-refractivity contribution is 8.00. The van der Waals surface area contributed by atoms with Crippen molar-refractivity contribution in [2.45, 2.75) is 17.9 Å². The second-order valence-electron chi connectivity index (χ2n) is 5.47. The maximum atomic E-state index is 12.3. The van der Waals surface area contributed by atoms with Crippen LogP contribution in [-0.2, 0) is 9.53 Å². The fourth-order valence-electron chi connectivity index (χ4n) is 2.34. The molecule has 0 radical (unpaired) electrons. The number of carbonyl (C=O) groups excluding carboxylic acids is 3. The molecule has 3 rings (SSSR count). The van der Waals surface area contributed by atoms with Crippen LogP contribution in [0.1, 0.15) is 27.6 Å². The van der Waals surface area contributed by atoms with Crippen molar-refractivity contribution in [2.24, 2.45) is 0 Å². The minimum atomic E-state index is -0.936. The average Bonchev–Trinajstić information content (AvgIpc) is 2.61. The lowest BCUT2D eigenvalue weighted by atomic mass is 10.1. The van der Waals surface area contributed by atoms with Gasteiger partial charge >= 0.3 is 5.97 Å². The van der Waals surface area contributed by atoms with Gasteiger partial charge in [0.25, 0.3) is 0 Å². The van der Waals surface area contributed by atoms with Gasteiger partial charge in [0.2, 0.25) is 11.7 Å². The fourth-order valence-corrected chi connectivity index (χ4v) is 3.26. The lowest BCUT2D eigenvalue weighted by Gasteiger charge is -2.17.